The fourth-order valence-corrected chi connectivity index (χ4v) is 8.44. The zero-order valence-corrected chi connectivity index (χ0v) is 41.6. The van der Waals surface area contributed by atoms with Gasteiger partial charge in [-0.2, -0.15) is 0 Å². The monoisotopic (exact) mass is 874 g/mol. The summed E-state index contributed by atoms with van der Waals surface area (Å²) in [6, 6.07) is -0.643. The Morgan fingerprint density at radius 2 is 0.774 bits per heavy atom. The van der Waals surface area contributed by atoms with E-state index in [0.717, 1.165) is 57.8 Å². The van der Waals surface area contributed by atoms with Gasteiger partial charge in [-0.1, -0.05) is 256 Å². The van der Waals surface area contributed by atoms with E-state index in [2.05, 4.69) is 31.3 Å². The predicted octanol–water partition coefficient (Wildman–Crippen LogP) is 16.7. The quantitative estimate of drug-likeness (QED) is 0.0321. The van der Waals surface area contributed by atoms with Crippen molar-refractivity contribution >= 4 is 11.9 Å². The van der Waals surface area contributed by atoms with Crippen molar-refractivity contribution in [3.63, 3.8) is 0 Å². The number of ether oxygens (including phenoxy) is 1. The molecule has 62 heavy (non-hydrogen) atoms. The van der Waals surface area contributed by atoms with Crippen molar-refractivity contribution < 1.29 is 24.5 Å². The summed E-state index contributed by atoms with van der Waals surface area (Å²) >= 11 is 0. The largest absolute Gasteiger partial charge is 0.466 e. The third-order valence-corrected chi connectivity index (χ3v) is 12.7. The van der Waals surface area contributed by atoms with Gasteiger partial charge >= 0.3 is 5.97 Å². The summed E-state index contributed by atoms with van der Waals surface area (Å²) in [6.07, 6.45) is 61.9. The molecule has 0 aliphatic rings. The first kappa shape index (κ1) is 60.3. The maximum Gasteiger partial charge on any atom is 0.305 e. The molecule has 0 saturated carbocycles. The van der Waals surface area contributed by atoms with Gasteiger partial charge in [0.25, 0.3) is 0 Å². The first-order chi connectivity index (χ1) is 30.5. The fourth-order valence-electron chi connectivity index (χ4n) is 8.44. The third kappa shape index (κ3) is 47.8. The maximum atomic E-state index is 12.5. The number of nitrogens with one attached hydrogen (secondary N) is 1. The van der Waals surface area contributed by atoms with Gasteiger partial charge in [-0.25, -0.2) is 0 Å². The van der Waals surface area contributed by atoms with Crippen molar-refractivity contribution in [1.29, 1.82) is 0 Å². The number of aliphatic hydroxyl groups excluding tert-OH is 2. The van der Waals surface area contributed by atoms with Crippen LogP contribution in [0.3, 0.4) is 0 Å². The Hall–Kier alpha value is -1.66. The molecule has 0 aromatic rings. The first-order valence-corrected chi connectivity index (χ1v) is 27.6. The number of carbonyl (C=O) groups excluding carboxylic acids is 2. The van der Waals surface area contributed by atoms with E-state index in [1.165, 1.54) is 212 Å². The van der Waals surface area contributed by atoms with Crippen LogP contribution in [-0.4, -0.2) is 47.4 Å². The third-order valence-electron chi connectivity index (χ3n) is 12.7. The van der Waals surface area contributed by atoms with Crippen molar-refractivity contribution in [2.45, 2.75) is 309 Å². The van der Waals surface area contributed by atoms with Gasteiger partial charge in [0, 0.05) is 12.8 Å². The number of amides is 1. The van der Waals surface area contributed by atoms with Crippen LogP contribution in [0, 0.1) is 0 Å². The number of hydrogen-bond donors (Lipinski definition) is 3. The summed E-state index contributed by atoms with van der Waals surface area (Å²) in [7, 11) is 0. The van der Waals surface area contributed by atoms with Crippen LogP contribution in [0.4, 0.5) is 0 Å². The summed E-state index contributed by atoms with van der Waals surface area (Å²) in [5, 5.41) is 23.1. The minimum absolute atomic E-state index is 0.0261. The standard InChI is InChI=1S/C56H107NO5/c1-3-5-7-9-11-13-15-16-17-18-19-20-21-22-23-24-25-26-29-32-36-40-44-48-54(59)53(52-58)57-55(60)49-45-41-37-33-30-27-31-35-39-43-47-51-62-56(61)50-46-42-38-34-28-14-12-10-8-6-4-2/h10,12,44,48,53-54,58-59H,3-9,11,13-43,45-47,49-52H2,1-2H3,(H,57,60)/b12-10-,48-44+. The van der Waals surface area contributed by atoms with E-state index in [9.17, 15) is 19.8 Å². The molecule has 0 aliphatic heterocycles. The highest BCUT2D eigenvalue weighted by molar-refractivity contribution is 5.76. The normalized spacial score (nSPS) is 12.8. The van der Waals surface area contributed by atoms with Crippen LogP contribution in [-0.2, 0) is 14.3 Å². The Morgan fingerprint density at radius 1 is 0.435 bits per heavy atom. The van der Waals surface area contributed by atoms with Gasteiger partial charge in [-0.05, 0) is 51.4 Å². The lowest BCUT2D eigenvalue weighted by Gasteiger charge is -2.20. The molecule has 0 aliphatic carbocycles. The topological polar surface area (TPSA) is 95.9 Å². The first-order valence-electron chi connectivity index (χ1n) is 27.6. The molecule has 2 atom stereocenters. The molecule has 2 unspecified atom stereocenters. The molecule has 0 fully saturated rings. The number of allylic oxidation sites excluding steroid dienone is 3. The van der Waals surface area contributed by atoms with Crippen LogP contribution in [0.2, 0.25) is 0 Å². The second kappa shape index (κ2) is 52.0. The lowest BCUT2D eigenvalue weighted by Crippen LogP contribution is -2.45. The van der Waals surface area contributed by atoms with Gasteiger partial charge < -0.3 is 20.3 Å². The highest BCUT2D eigenvalue weighted by Crippen LogP contribution is 2.17. The van der Waals surface area contributed by atoms with Crippen LogP contribution in [0.5, 0.6) is 0 Å². The highest BCUT2D eigenvalue weighted by atomic mass is 16.5. The fraction of sp³-hybridized carbons (Fsp3) is 0.893. The molecule has 6 nitrogen and oxygen atoms in total. The van der Waals surface area contributed by atoms with Crippen molar-refractivity contribution in [2.24, 2.45) is 0 Å². The molecule has 0 saturated heterocycles. The minimum Gasteiger partial charge on any atom is -0.466 e. The van der Waals surface area contributed by atoms with Gasteiger partial charge in [-0.15, -0.1) is 0 Å². The Labute approximate surface area is 386 Å². The smallest absolute Gasteiger partial charge is 0.305 e. The SMILES string of the molecule is CCCC/C=C\CCCCCCCC(=O)OCCCCCCCCCCCCCC(=O)NC(CO)C(O)/C=C/CCCCCCCCCCCCCCCCCCCCCCC. The van der Waals surface area contributed by atoms with Crippen LogP contribution in [0.25, 0.3) is 0 Å². The lowest BCUT2D eigenvalue weighted by molar-refractivity contribution is -0.143. The molecule has 3 N–H and O–H groups in total. The van der Waals surface area contributed by atoms with Gasteiger partial charge in [0.15, 0.2) is 0 Å². The van der Waals surface area contributed by atoms with Crippen LogP contribution < -0.4 is 5.32 Å². The number of unbranched alkanes of at least 4 members (excludes halogenated alkanes) is 38. The lowest BCUT2D eigenvalue weighted by atomic mass is 10.0. The number of aliphatic hydroxyl groups is 2. The van der Waals surface area contributed by atoms with Crippen molar-refractivity contribution in [2.75, 3.05) is 13.2 Å². The zero-order chi connectivity index (χ0) is 45.1. The highest BCUT2D eigenvalue weighted by Gasteiger charge is 2.18. The van der Waals surface area contributed by atoms with E-state index >= 15 is 0 Å². The summed E-state index contributed by atoms with van der Waals surface area (Å²) < 4.78 is 5.44. The summed E-state index contributed by atoms with van der Waals surface area (Å²) in [5.74, 6) is -0.111. The predicted molar refractivity (Wildman–Crippen MR) is 269 cm³/mol. The molecule has 0 rings (SSSR count). The molecule has 0 aromatic heterocycles. The van der Waals surface area contributed by atoms with E-state index in [-0.39, 0.29) is 18.5 Å². The number of hydrogen-bond acceptors (Lipinski definition) is 5. The average Bonchev–Trinajstić information content (AvgIpc) is 3.27. The van der Waals surface area contributed by atoms with Crippen molar-refractivity contribution in [3.8, 4) is 0 Å². The molecule has 1 amide bonds. The van der Waals surface area contributed by atoms with E-state index in [0.29, 0.717) is 19.4 Å². The van der Waals surface area contributed by atoms with Crippen LogP contribution >= 0.6 is 0 Å². The molecule has 0 aromatic carbocycles. The maximum absolute atomic E-state index is 12.5. The molecular weight excluding hydrogens is 767 g/mol. The van der Waals surface area contributed by atoms with Crippen LogP contribution in [0.15, 0.2) is 24.3 Å². The Bertz CT molecular complexity index is 966. The van der Waals surface area contributed by atoms with Gasteiger partial charge in [0.2, 0.25) is 5.91 Å². The Kier molecular flexibility index (Phi) is 50.6. The Morgan fingerprint density at radius 3 is 1.19 bits per heavy atom. The molecule has 0 spiro atoms. The number of rotatable bonds is 51. The molecule has 0 bridgehead atoms. The second-order valence-corrected chi connectivity index (χ2v) is 18.9. The average molecular weight is 874 g/mol. The van der Waals surface area contributed by atoms with Crippen LogP contribution in [0.1, 0.15) is 296 Å². The summed E-state index contributed by atoms with van der Waals surface area (Å²) in [6.45, 7) is 4.83. The van der Waals surface area contributed by atoms with E-state index in [1.54, 1.807) is 6.08 Å². The van der Waals surface area contributed by atoms with Crippen molar-refractivity contribution in [1.82, 2.24) is 5.32 Å². The number of carbonyl (C=O) groups is 2. The zero-order valence-electron chi connectivity index (χ0n) is 41.6. The van der Waals surface area contributed by atoms with Gasteiger partial charge in [0.05, 0.1) is 25.4 Å². The molecule has 366 valence electrons. The second-order valence-electron chi connectivity index (χ2n) is 18.9. The van der Waals surface area contributed by atoms with E-state index in [1.807, 2.05) is 6.08 Å². The minimum atomic E-state index is -0.858. The van der Waals surface area contributed by atoms with E-state index < -0.39 is 12.1 Å². The summed E-state index contributed by atoms with van der Waals surface area (Å²) in [4.78, 5) is 24.4. The molecular formula is C56H107NO5. The Balaban J connectivity index is 3.51. The molecule has 0 heterocycles. The number of esters is 1. The molecule has 6 heteroatoms. The van der Waals surface area contributed by atoms with Gasteiger partial charge in [-0.3, -0.25) is 9.59 Å². The summed E-state index contributed by atoms with van der Waals surface area (Å²) in [5.41, 5.74) is 0. The van der Waals surface area contributed by atoms with E-state index in [4.69, 9.17) is 4.74 Å². The van der Waals surface area contributed by atoms with Gasteiger partial charge in [0.1, 0.15) is 0 Å². The molecule has 0 radical (unpaired) electrons. The van der Waals surface area contributed by atoms with Crippen molar-refractivity contribution in [3.05, 3.63) is 24.3 Å².